The molecule has 0 bridgehead atoms. The summed E-state index contributed by atoms with van der Waals surface area (Å²) in [7, 11) is 1.57. The minimum atomic E-state index is -0.625. The fourth-order valence-corrected chi connectivity index (χ4v) is 3.12. The third-order valence-electron chi connectivity index (χ3n) is 4.54. The Bertz CT molecular complexity index is 730. The SMILES string of the molecule is CCCCCCOc1ccc([C@H]2NC(=O)NC(C)=C2C(=O)OCC)cc1OC. The lowest BCUT2D eigenvalue weighted by molar-refractivity contribution is -0.139. The van der Waals surface area contributed by atoms with Gasteiger partial charge in [0.15, 0.2) is 11.5 Å². The van der Waals surface area contributed by atoms with E-state index in [0.717, 1.165) is 12.8 Å². The van der Waals surface area contributed by atoms with Crippen LogP contribution in [0.15, 0.2) is 29.5 Å². The summed E-state index contributed by atoms with van der Waals surface area (Å²) in [6.45, 7) is 6.47. The summed E-state index contributed by atoms with van der Waals surface area (Å²) in [5.74, 6) is 0.732. The highest BCUT2D eigenvalue weighted by Gasteiger charge is 2.32. The van der Waals surface area contributed by atoms with E-state index in [1.54, 1.807) is 33.1 Å². The minimum absolute atomic E-state index is 0.254. The van der Waals surface area contributed by atoms with Crippen molar-refractivity contribution in [2.45, 2.75) is 52.5 Å². The fourth-order valence-electron chi connectivity index (χ4n) is 3.12. The third-order valence-corrected chi connectivity index (χ3v) is 4.54. The van der Waals surface area contributed by atoms with Crippen LogP contribution in [0.3, 0.4) is 0 Å². The van der Waals surface area contributed by atoms with Crippen molar-refractivity contribution in [3.8, 4) is 11.5 Å². The second-order valence-corrected chi connectivity index (χ2v) is 6.61. The van der Waals surface area contributed by atoms with Crippen molar-refractivity contribution >= 4 is 12.0 Å². The number of ether oxygens (including phenoxy) is 3. The molecule has 0 radical (unpaired) electrons. The first-order chi connectivity index (χ1) is 13.5. The number of esters is 1. The normalized spacial score (nSPS) is 16.3. The molecule has 1 atom stereocenters. The van der Waals surface area contributed by atoms with Crippen molar-refractivity contribution in [1.82, 2.24) is 10.6 Å². The molecule has 2 amide bonds. The molecule has 2 N–H and O–H groups in total. The second-order valence-electron chi connectivity index (χ2n) is 6.61. The number of urea groups is 1. The van der Waals surface area contributed by atoms with E-state index in [-0.39, 0.29) is 12.6 Å². The fraction of sp³-hybridized carbons (Fsp3) is 0.524. The number of hydrogen-bond acceptors (Lipinski definition) is 5. The number of nitrogens with one attached hydrogen (secondary N) is 2. The monoisotopic (exact) mass is 390 g/mol. The van der Waals surface area contributed by atoms with Crippen molar-refractivity contribution in [1.29, 1.82) is 0 Å². The Morgan fingerprint density at radius 2 is 1.93 bits per heavy atom. The van der Waals surface area contributed by atoms with Crippen LogP contribution >= 0.6 is 0 Å². The molecule has 154 valence electrons. The zero-order valence-electron chi connectivity index (χ0n) is 17.1. The van der Waals surface area contributed by atoms with Crippen LogP contribution in [-0.2, 0) is 9.53 Å². The van der Waals surface area contributed by atoms with Gasteiger partial charge in [0.1, 0.15) is 0 Å². The Kier molecular flexibility index (Phi) is 8.17. The maximum Gasteiger partial charge on any atom is 0.338 e. The van der Waals surface area contributed by atoms with Crippen LogP contribution in [0.25, 0.3) is 0 Å². The van der Waals surface area contributed by atoms with Gasteiger partial charge >= 0.3 is 12.0 Å². The zero-order valence-corrected chi connectivity index (χ0v) is 17.1. The van der Waals surface area contributed by atoms with E-state index in [1.807, 2.05) is 6.07 Å². The van der Waals surface area contributed by atoms with E-state index in [0.29, 0.717) is 34.9 Å². The van der Waals surface area contributed by atoms with Crippen LogP contribution in [0.5, 0.6) is 11.5 Å². The van der Waals surface area contributed by atoms with Crippen molar-refractivity contribution in [3.05, 3.63) is 35.0 Å². The summed E-state index contributed by atoms with van der Waals surface area (Å²) in [4.78, 5) is 24.4. The maximum atomic E-state index is 12.4. The lowest BCUT2D eigenvalue weighted by Crippen LogP contribution is -2.45. The van der Waals surface area contributed by atoms with Gasteiger partial charge in [-0.2, -0.15) is 0 Å². The molecule has 7 heteroatoms. The maximum absolute atomic E-state index is 12.4. The lowest BCUT2D eigenvalue weighted by atomic mass is 9.95. The van der Waals surface area contributed by atoms with Gasteiger partial charge in [-0.15, -0.1) is 0 Å². The molecule has 28 heavy (non-hydrogen) atoms. The minimum Gasteiger partial charge on any atom is -0.493 e. The molecule has 1 aromatic rings. The van der Waals surface area contributed by atoms with Crippen molar-refractivity contribution in [2.24, 2.45) is 0 Å². The Balaban J connectivity index is 2.23. The summed E-state index contributed by atoms with van der Waals surface area (Å²) in [6, 6.07) is 4.42. The van der Waals surface area contributed by atoms with Gasteiger partial charge in [0.25, 0.3) is 0 Å². The van der Waals surface area contributed by atoms with Gasteiger partial charge in [-0.25, -0.2) is 9.59 Å². The van der Waals surface area contributed by atoms with Crippen LogP contribution in [0.1, 0.15) is 58.1 Å². The molecule has 7 nitrogen and oxygen atoms in total. The highest BCUT2D eigenvalue weighted by Crippen LogP contribution is 2.34. The number of rotatable bonds is 10. The van der Waals surface area contributed by atoms with E-state index in [1.165, 1.54) is 12.8 Å². The summed E-state index contributed by atoms with van der Waals surface area (Å²) in [5.41, 5.74) is 1.56. The first-order valence-corrected chi connectivity index (χ1v) is 9.77. The number of methoxy groups -OCH3 is 1. The zero-order chi connectivity index (χ0) is 20.5. The topological polar surface area (TPSA) is 85.9 Å². The largest absolute Gasteiger partial charge is 0.493 e. The highest BCUT2D eigenvalue weighted by molar-refractivity contribution is 5.95. The molecule has 0 aliphatic carbocycles. The number of carbonyl (C=O) groups is 2. The van der Waals surface area contributed by atoms with Crippen LogP contribution in [0.4, 0.5) is 4.79 Å². The quantitative estimate of drug-likeness (QED) is 0.468. The Morgan fingerprint density at radius 3 is 2.61 bits per heavy atom. The molecule has 1 aliphatic rings. The number of allylic oxidation sites excluding steroid dienone is 1. The Hall–Kier alpha value is -2.70. The molecule has 1 aliphatic heterocycles. The van der Waals surface area contributed by atoms with E-state index >= 15 is 0 Å². The third kappa shape index (κ3) is 5.41. The number of benzene rings is 1. The molecule has 2 rings (SSSR count). The van der Waals surface area contributed by atoms with E-state index < -0.39 is 12.0 Å². The van der Waals surface area contributed by atoms with Gasteiger partial charge in [-0.05, 0) is 38.0 Å². The van der Waals surface area contributed by atoms with Gasteiger partial charge in [0.05, 0.1) is 31.9 Å². The molecule has 0 saturated carbocycles. The van der Waals surface area contributed by atoms with Crippen molar-refractivity contribution < 1.29 is 23.8 Å². The van der Waals surface area contributed by atoms with Crippen LogP contribution in [0, 0.1) is 0 Å². The number of amides is 2. The first-order valence-electron chi connectivity index (χ1n) is 9.77. The van der Waals surface area contributed by atoms with Gasteiger partial charge < -0.3 is 24.8 Å². The average Bonchev–Trinajstić information content (AvgIpc) is 2.67. The number of unbranched alkanes of at least 4 members (excludes halogenated alkanes) is 3. The standard InChI is InChI=1S/C21H30N2O5/c1-5-7-8-9-12-28-16-11-10-15(13-17(16)26-4)19-18(20(24)27-6-2)14(3)22-21(25)23-19/h10-11,13,19H,5-9,12H2,1-4H3,(H2,22,23,25)/t19-/m1/s1. The molecule has 1 aromatic carbocycles. The Labute approximate surface area is 166 Å². The Morgan fingerprint density at radius 1 is 1.14 bits per heavy atom. The van der Waals surface area contributed by atoms with Gasteiger partial charge in [-0.3, -0.25) is 0 Å². The van der Waals surface area contributed by atoms with E-state index in [2.05, 4.69) is 17.6 Å². The molecule has 0 fully saturated rings. The molecular weight excluding hydrogens is 360 g/mol. The van der Waals surface area contributed by atoms with Crippen LogP contribution in [0.2, 0.25) is 0 Å². The van der Waals surface area contributed by atoms with Gasteiger partial charge in [0, 0.05) is 5.70 Å². The second kappa shape index (κ2) is 10.6. The molecule has 1 heterocycles. The number of carbonyl (C=O) groups excluding carboxylic acids is 2. The molecule has 0 unspecified atom stereocenters. The summed E-state index contributed by atoms with van der Waals surface area (Å²) >= 11 is 0. The lowest BCUT2D eigenvalue weighted by Gasteiger charge is -2.28. The average molecular weight is 390 g/mol. The van der Waals surface area contributed by atoms with E-state index in [4.69, 9.17) is 14.2 Å². The highest BCUT2D eigenvalue weighted by atomic mass is 16.5. The molecular formula is C21H30N2O5. The predicted molar refractivity (Wildman–Crippen MR) is 106 cm³/mol. The van der Waals surface area contributed by atoms with Crippen LogP contribution < -0.4 is 20.1 Å². The summed E-state index contributed by atoms with van der Waals surface area (Å²) in [6.07, 6.45) is 4.48. The molecule has 0 saturated heterocycles. The first kappa shape index (κ1) is 21.6. The van der Waals surface area contributed by atoms with E-state index in [9.17, 15) is 9.59 Å². The smallest absolute Gasteiger partial charge is 0.338 e. The van der Waals surface area contributed by atoms with Crippen LogP contribution in [-0.4, -0.2) is 32.3 Å². The summed E-state index contributed by atoms with van der Waals surface area (Å²) in [5, 5.41) is 5.41. The summed E-state index contributed by atoms with van der Waals surface area (Å²) < 4.78 is 16.5. The van der Waals surface area contributed by atoms with Gasteiger partial charge in [-0.1, -0.05) is 32.3 Å². The van der Waals surface area contributed by atoms with Gasteiger partial charge in [0.2, 0.25) is 0 Å². The number of hydrogen-bond donors (Lipinski definition) is 2. The molecule has 0 spiro atoms. The van der Waals surface area contributed by atoms with Crippen molar-refractivity contribution in [2.75, 3.05) is 20.3 Å². The molecule has 0 aromatic heterocycles. The van der Waals surface area contributed by atoms with Crippen molar-refractivity contribution in [3.63, 3.8) is 0 Å². The predicted octanol–water partition coefficient (Wildman–Crippen LogP) is 3.85.